The SMILES string of the molecule is C=C1C=C(CCC2c3ccccc3-c3ccccc32)N=C(c2cc3c(cc2-n2c4ccccc4c4cc5ccccc5cc42)oc2ccccc23)N=C1c1cccc2oc3ccccc3c12. The molecule has 0 bridgehead atoms. The van der Waals surface area contributed by atoms with Crippen LogP contribution < -0.4 is 0 Å². The maximum atomic E-state index is 6.69. The predicted molar refractivity (Wildman–Crippen MR) is 273 cm³/mol. The molecule has 4 heterocycles. The maximum absolute atomic E-state index is 6.69. The van der Waals surface area contributed by atoms with Gasteiger partial charge in [-0.1, -0.05) is 146 Å². The minimum Gasteiger partial charge on any atom is -0.456 e. The standard InChI is InChI=1S/C61H39N3O2/c1-36-31-39(29-30-44-42-19-6-4-17-40(42)41-18-5-7-20-43(41)44)62-61(63-60(36)48-24-14-28-57-59(48)47-23-10-13-27-56(47)65-57)51-34-50-46-22-9-12-26-55(46)66-58(50)35-54(51)64-52-25-11-8-21-45(52)49-32-37-15-2-3-16-38(37)33-53(49)64/h2-28,31-35,44H,1,29-30H2. The summed E-state index contributed by atoms with van der Waals surface area (Å²) in [6.45, 7) is 4.77. The van der Waals surface area contributed by atoms with Gasteiger partial charge in [-0.2, -0.15) is 0 Å². The highest BCUT2D eigenvalue weighted by Crippen LogP contribution is 2.47. The Morgan fingerprint density at radius 2 is 1.09 bits per heavy atom. The van der Waals surface area contributed by atoms with E-state index >= 15 is 0 Å². The number of furan rings is 2. The Hall–Kier alpha value is -8.54. The predicted octanol–water partition coefficient (Wildman–Crippen LogP) is 16.0. The van der Waals surface area contributed by atoms with Crippen LogP contribution in [0.4, 0.5) is 0 Å². The number of amidine groups is 1. The summed E-state index contributed by atoms with van der Waals surface area (Å²) in [4.78, 5) is 11.4. The third kappa shape index (κ3) is 5.53. The number of allylic oxidation sites excluding steroid dienone is 3. The first-order chi connectivity index (χ1) is 32.6. The summed E-state index contributed by atoms with van der Waals surface area (Å²) in [5.41, 5.74) is 16.1. The van der Waals surface area contributed by atoms with Gasteiger partial charge in [0.05, 0.1) is 22.4 Å². The van der Waals surface area contributed by atoms with Crippen molar-refractivity contribution in [1.29, 1.82) is 0 Å². The third-order valence-corrected chi connectivity index (χ3v) is 13.9. The van der Waals surface area contributed by atoms with Crippen molar-refractivity contribution in [3.05, 3.63) is 234 Å². The Morgan fingerprint density at radius 3 is 1.89 bits per heavy atom. The Morgan fingerprint density at radius 1 is 0.470 bits per heavy atom. The molecule has 5 nitrogen and oxygen atoms in total. The number of nitrogens with zero attached hydrogens (tertiary/aromatic N) is 3. The normalized spacial score (nSPS) is 14.1. The van der Waals surface area contributed by atoms with Gasteiger partial charge in [0.2, 0.25) is 0 Å². The molecule has 3 aromatic heterocycles. The van der Waals surface area contributed by atoms with Crippen LogP contribution in [0.5, 0.6) is 0 Å². The molecule has 9 aromatic carbocycles. The van der Waals surface area contributed by atoms with Crippen LogP contribution in [0.15, 0.2) is 231 Å². The molecule has 0 amide bonds. The van der Waals surface area contributed by atoms with Crippen molar-refractivity contribution in [2.45, 2.75) is 18.8 Å². The first-order valence-electron chi connectivity index (χ1n) is 22.7. The van der Waals surface area contributed by atoms with Crippen LogP contribution in [0.3, 0.4) is 0 Å². The summed E-state index contributed by atoms with van der Waals surface area (Å²) >= 11 is 0. The van der Waals surface area contributed by atoms with Gasteiger partial charge in [-0.05, 0) is 100.0 Å². The first-order valence-corrected chi connectivity index (χ1v) is 22.7. The quantitative estimate of drug-likeness (QED) is 0.167. The van der Waals surface area contributed by atoms with E-state index in [4.69, 9.17) is 25.4 Å². The first kappa shape index (κ1) is 36.9. The molecule has 66 heavy (non-hydrogen) atoms. The molecule has 0 saturated carbocycles. The minimum absolute atomic E-state index is 0.233. The molecule has 310 valence electrons. The van der Waals surface area contributed by atoms with Gasteiger partial charge in [0, 0.05) is 61.1 Å². The van der Waals surface area contributed by atoms with Gasteiger partial charge in [0.15, 0.2) is 5.84 Å². The van der Waals surface area contributed by atoms with Crippen molar-refractivity contribution >= 4 is 88.0 Å². The zero-order valence-corrected chi connectivity index (χ0v) is 35.8. The van der Waals surface area contributed by atoms with Crippen LogP contribution in [0, 0.1) is 0 Å². The zero-order chi connectivity index (χ0) is 43.5. The highest BCUT2D eigenvalue weighted by atomic mass is 16.3. The molecule has 5 heteroatoms. The second-order valence-electron chi connectivity index (χ2n) is 17.6. The molecule has 0 unspecified atom stereocenters. The van der Waals surface area contributed by atoms with Gasteiger partial charge in [-0.15, -0.1) is 0 Å². The Bertz CT molecular complexity index is 4110. The van der Waals surface area contributed by atoms with Gasteiger partial charge in [-0.3, -0.25) is 0 Å². The molecular formula is C61H39N3O2. The number of hydrogen-bond donors (Lipinski definition) is 0. The van der Waals surface area contributed by atoms with E-state index in [9.17, 15) is 0 Å². The van der Waals surface area contributed by atoms with E-state index in [0.717, 1.165) is 95.1 Å². The lowest BCUT2D eigenvalue weighted by atomic mass is 9.91. The zero-order valence-electron chi connectivity index (χ0n) is 35.8. The number of aromatic nitrogens is 1. The van der Waals surface area contributed by atoms with Crippen molar-refractivity contribution in [3.63, 3.8) is 0 Å². The van der Waals surface area contributed by atoms with E-state index in [1.807, 2.05) is 30.3 Å². The number of hydrogen-bond acceptors (Lipinski definition) is 4. The van der Waals surface area contributed by atoms with E-state index in [1.54, 1.807) is 0 Å². The van der Waals surface area contributed by atoms with Gasteiger partial charge >= 0.3 is 0 Å². The molecule has 1 aliphatic carbocycles. The van der Waals surface area contributed by atoms with Crippen LogP contribution in [0.25, 0.3) is 93.3 Å². The number of rotatable bonds is 6. The minimum atomic E-state index is 0.233. The number of benzene rings is 9. The Balaban J connectivity index is 1.04. The van der Waals surface area contributed by atoms with Crippen LogP contribution in [0.2, 0.25) is 0 Å². The van der Waals surface area contributed by atoms with Crippen LogP contribution in [-0.4, -0.2) is 16.1 Å². The summed E-state index contributed by atoms with van der Waals surface area (Å²) < 4.78 is 15.5. The lowest BCUT2D eigenvalue weighted by molar-refractivity contribution is 0.668. The maximum Gasteiger partial charge on any atom is 0.162 e. The Labute approximate surface area is 379 Å². The van der Waals surface area contributed by atoms with Crippen LogP contribution in [0.1, 0.15) is 41.0 Å². The molecule has 14 rings (SSSR count). The van der Waals surface area contributed by atoms with E-state index in [-0.39, 0.29) is 5.92 Å². The Kier molecular flexibility index (Phi) is 7.96. The van der Waals surface area contributed by atoms with Crippen molar-refractivity contribution in [2.75, 3.05) is 0 Å². The molecule has 2 aliphatic rings. The van der Waals surface area contributed by atoms with Gasteiger partial charge in [-0.25, -0.2) is 9.98 Å². The van der Waals surface area contributed by atoms with Gasteiger partial charge < -0.3 is 13.4 Å². The second-order valence-corrected chi connectivity index (χ2v) is 17.6. The highest BCUT2D eigenvalue weighted by Gasteiger charge is 2.29. The van der Waals surface area contributed by atoms with E-state index in [1.165, 1.54) is 43.8 Å². The van der Waals surface area contributed by atoms with E-state index in [2.05, 4.69) is 168 Å². The van der Waals surface area contributed by atoms with E-state index < -0.39 is 0 Å². The average molecular weight is 846 g/mol. The second kappa shape index (κ2) is 14.2. The fourth-order valence-electron chi connectivity index (χ4n) is 11.0. The number of fused-ring (bicyclic) bond motifs is 13. The summed E-state index contributed by atoms with van der Waals surface area (Å²) in [6.07, 6.45) is 3.75. The smallest absolute Gasteiger partial charge is 0.162 e. The lowest BCUT2D eigenvalue weighted by Gasteiger charge is -2.16. The van der Waals surface area contributed by atoms with Crippen molar-refractivity contribution in [1.82, 2.24) is 4.57 Å². The number of para-hydroxylation sites is 3. The largest absolute Gasteiger partial charge is 0.456 e. The van der Waals surface area contributed by atoms with Crippen molar-refractivity contribution in [3.8, 4) is 16.8 Å². The van der Waals surface area contributed by atoms with Crippen LogP contribution in [-0.2, 0) is 0 Å². The third-order valence-electron chi connectivity index (χ3n) is 13.9. The molecule has 1 aliphatic heterocycles. The molecule has 0 N–H and O–H groups in total. The lowest BCUT2D eigenvalue weighted by Crippen LogP contribution is -2.10. The molecule has 0 fully saturated rings. The van der Waals surface area contributed by atoms with Gasteiger partial charge in [0.1, 0.15) is 22.3 Å². The molecular weight excluding hydrogens is 807 g/mol. The topological polar surface area (TPSA) is 55.9 Å². The highest BCUT2D eigenvalue weighted by molar-refractivity contribution is 6.29. The van der Waals surface area contributed by atoms with Gasteiger partial charge in [0.25, 0.3) is 0 Å². The summed E-state index contributed by atoms with van der Waals surface area (Å²) in [5, 5.41) is 8.81. The van der Waals surface area contributed by atoms with E-state index in [0.29, 0.717) is 12.3 Å². The molecule has 0 spiro atoms. The molecule has 0 atom stereocenters. The van der Waals surface area contributed by atoms with Crippen LogP contribution >= 0.6 is 0 Å². The molecule has 0 radical (unpaired) electrons. The van der Waals surface area contributed by atoms with Crippen molar-refractivity contribution < 1.29 is 8.83 Å². The monoisotopic (exact) mass is 845 g/mol. The molecule has 0 saturated heterocycles. The molecule has 12 aromatic rings. The summed E-state index contributed by atoms with van der Waals surface area (Å²) in [5.74, 6) is 0.845. The fraction of sp³-hybridized carbons (Fsp3) is 0.0492. The average Bonchev–Trinajstić information content (AvgIpc) is 4.08. The fourth-order valence-corrected chi connectivity index (χ4v) is 11.0. The van der Waals surface area contributed by atoms with Crippen molar-refractivity contribution in [2.24, 2.45) is 9.98 Å². The summed E-state index contributed by atoms with van der Waals surface area (Å²) in [6, 6.07) is 66.8. The number of aliphatic imine (C=N–C) groups is 2. The summed E-state index contributed by atoms with van der Waals surface area (Å²) in [7, 11) is 0.